The van der Waals surface area contributed by atoms with Crippen LogP contribution in [-0.4, -0.2) is 69.9 Å². The highest BCUT2D eigenvalue weighted by atomic mass is 16.9. The van der Waals surface area contributed by atoms with Gasteiger partial charge < -0.3 is 35.3 Å². The van der Waals surface area contributed by atoms with Crippen molar-refractivity contribution in [3.05, 3.63) is 46.5 Å². The molecule has 0 bridgehead atoms. The number of hydrogen-bond acceptors (Lipinski definition) is 9. The summed E-state index contributed by atoms with van der Waals surface area (Å²) in [6, 6.07) is 7.78. The van der Waals surface area contributed by atoms with Gasteiger partial charge in [0, 0.05) is 36.8 Å². The molecule has 0 aliphatic rings. The van der Waals surface area contributed by atoms with Gasteiger partial charge in [-0.2, -0.15) is 0 Å². The predicted octanol–water partition coefficient (Wildman–Crippen LogP) is 2.19. The molecule has 0 saturated carbocycles. The van der Waals surface area contributed by atoms with Crippen LogP contribution in [0.3, 0.4) is 0 Å². The molecule has 13 nitrogen and oxygen atoms in total. The fourth-order valence-electron chi connectivity index (χ4n) is 2.32. The van der Waals surface area contributed by atoms with Gasteiger partial charge in [0.1, 0.15) is 5.82 Å². The van der Waals surface area contributed by atoms with Crippen molar-refractivity contribution in [2.24, 2.45) is 0 Å². The first-order chi connectivity index (χ1) is 15.6. The number of nitrogens with one attached hydrogen (secondary N) is 1. The Morgan fingerprint density at radius 2 is 1.61 bits per heavy atom. The number of rotatable bonds is 10. The normalized spacial score (nSPS) is 9.79. The van der Waals surface area contributed by atoms with Crippen LogP contribution < -0.4 is 14.8 Å². The van der Waals surface area contributed by atoms with Gasteiger partial charge in [0.05, 0.1) is 19.7 Å². The maximum absolute atomic E-state index is 9.55. The van der Waals surface area contributed by atoms with Crippen molar-refractivity contribution >= 4 is 28.7 Å². The van der Waals surface area contributed by atoms with Crippen LogP contribution >= 0.6 is 0 Å². The second kappa shape index (κ2) is 16.5. The summed E-state index contributed by atoms with van der Waals surface area (Å²) in [6.07, 6.45) is 4.00. The van der Waals surface area contributed by atoms with Crippen molar-refractivity contribution in [1.82, 2.24) is 4.98 Å². The zero-order valence-corrected chi connectivity index (χ0v) is 18.1. The van der Waals surface area contributed by atoms with Gasteiger partial charge in [0.2, 0.25) is 0 Å². The van der Waals surface area contributed by atoms with Gasteiger partial charge in [-0.25, -0.2) is 14.6 Å². The van der Waals surface area contributed by atoms with Gasteiger partial charge >= 0.3 is 11.9 Å². The van der Waals surface area contributed by atoms with Gasteiger partial charge in [0.15, 0.2) is 11.5 Å². The van der Waals surface area contributed by atoms with Gasteiger partial charge in [0.25, 0.3) is 5.09 Å². The number of ether oxygens (including phenoxy) is 2. The minimum Gasteiger partial charge on any atom is -0.493 e. The minimum atomic E-state index is -1.50. The zero-order valence-electron chi connectivity index (χ0n) is 18.1. The average molecular weight is 469 g/mol. The summed E-state index contributed by atoms with van der Waals surface area (Å²) in [5.41, 5.74) is 0.869. The summed E-state index contributed by atoms with van der Waals surface area (Å²) in [5.74, 6) is -0.285. The first-order valence-corrected chi connectivity index (χ1v) is 9.49. The van der Waals surface area contributed by atoms with Crippen molar-refractivity contribution < 1.29 is 44.7 Å². The summed E-state index contributed by atoms with van der Waals surface area (Å²) in [6.45, 7) is 1.11. The first-order valence-electron chi connectivity index (χ1n) is 9.49. The lowest BCUT2D eigenvalue weighted by Gasteiger charge is -2.10. The van der Waals surface area contributed by atoms with E-state index < -0.39 is 17.0 Å². The van der Waals surface area contributed by atoms with Crippen LogP contribution in [0.15, 0.2) is 36.4 Å². The number of nitrogens with zero attached hydrogens (tertiary/aromatic N) is 2. The van der Waals surface area contributed by atoms with E-state index in [1.54, 1.807) is 14.2 Å². The third kappa shape index (κ3) is 13.7. The van der Waals surface area contributed by atoms with Crippen LogP contribution in [0.4, 0.5) is 5.82 Å². The van der Waals surface area contributed by atoms with Crippen LogP contribution in [-0.2, 0) is 9.59 Å². The number of carboxylic acid groups (broad SMARTS) is 2. The van der Waals surface area contributed by atoms with Crippen molar-refractivity contribution in [3.63, 3.8) is 0 Å². The molecule has 0 unspecified atom stereocenters. The van der Waals surface area contributed by atoms with Crippen molar-refractivity contribution in [2.45, 2.75) is 19.3 Å². The predicted molar refractivity (Wildman–Crippen MR) is 117 cm³/mol. The van der Waals surface area contributed by atoms with E-state index in [2.05, 4.69) is 10.3 Å². The van der Waals surface area contributed by atoms with Gasteiger partial charge in [-0.05, 0) is 37.5 Å². The van der Waals surface area contributed by atoms with E-state index in [1.807, 2.05) is 24.3 Å². The third-order valence-electron chi connectivity index (χ3n) is 3.70. The summed E-state index contributed by atoms with van der Waals surface area (Å²) in [5, 5.41) is 42.3. The lowest BCUT2D eigenvalue weighted by Crippen LogP contribution is -2.03. The number of aliphatic carboxylic acids is 2. The summed E-state index contributed by atoms with van der Waals surface area (Å²) in [4.78, 5) is 32.0. The van der Waals surface area contributed by atoms with Crippen LogP contribution in [0.1, 0.15) is 19.3 Å². The molecule has 2 rings (SSSR count). The lowest BCUT2D eigenvalue weighted by atomic mass is 10.2. The molecule has 13 heteroatoms. The smallest absolute Gasteiger partial charge is 0.328 e. The van der Waals surface area contributed by atoms with Gasteiger partial charge in [-0.15, -0.1) is 10.1 Å². The fraction of sp³-hybridized carbons (Fsp3) is 0.350. The summed E-state index contributed by atoms with van der Waals surface area (Å²) in [7, 11) is 3.24. The Morgan fingerprint density at radius 1 is 1.06 bits per heavy atom. The molecule has 0 saturated heterocycles. The molecule has 0 atom stereocenters. The Bertz CT molecular complexity index is 914. The zero-order chi connectivity index (χ0) is 25.2. The minimum absolute atomic E-state index is 0.260. The monoisotopic (exact) mass is 469 g/mol. The number of carbonyl (C=O) groups is 2. The van der Waals surface area contributed by atoms with Crippen LogP contribution in [0, 0.1) is 10.1 Å². The fourth-order valence-corrected chi connectivity index (χ4v) is 2.32. The Labute approximate surface area is 189 Å². The van der Waals surface area contributed by atoms with E-state index >= 15 is 0 Å². The second-order valence-corrected chi connectivity index (χ2v) is 6.06. The summed E-state index contributed by atoms with van der Waals surface area (Å²) >= 11 is 0. The van der Waals surface area contributed by atoms with Crippen LogP contribution in [0.25, 0.3) is 10.9 Å². The molecule has 0 amide bonds. The Morgan fingerprint density at radius 3 is 2.09 bits per heavy atom. The number of carboxylic acids is 2. The quantitative estimate of drug-likeness (QED) is 0.147. The van der Waals surface area contributed by atoms with E-state index in [-0.39, 0.29) is 6.61 Å². The molecule has 0 aliphatic heterocycles. The molecule has 1 heterocycles. The van der Waals surface area contributed by atoms with Gasteiger partial charge in [-0.1, -0.05) is 0 Å². The number of unbranched alkanes of at least 4 members (excludes halogenated alkanes) is 2. The van der Waals surface area contributed by atoms with Crippen molar-refractivity contribution in [2.75, 3.05) is 32.7 Å². The number of fused-ring (bicyclic) bond motifs is 1. The topological polar surface area (TPSA) is 202 Å². The SMILES string of the molecule is COc1cc2ccc(NCCCCCO)nc2cc1OC.O=C(O)C=CC(=O)O.O=[N+]([O-])O. The Balaban J connectivity index is 0.000000709. The van der Waals surface area contributed by atoms with E-state index in [0.29, 0.717) is 23.7 Å². The average Bonchev–Trinajstić information content (AvgIpc) is 2.76. The molecule has 33 heavy (non-hydrogen) atoms. The van der Waals surface area contributed by atoms with Crippen LogP contribution in [0.2, 0.25) is 0 Å². The molecule has 182 valence electrons. The van der Waals surface area contributed by atoms with E-state index in [4.69, 9.17) is 40.1 Å². The second-order valence-electron chi connectivity index (χ2n) is 6.06. The number of aliphatic hydroxyl groups excluding tert-OH is 1. The van der Waals surface area contributed by atoms with E-state index in [9.17, 15) is 9.59 Å². The number of benzene rings is 1. The van der Waals surface area contributed by atoms with Crippen molar-refractivity contribution in [3.8, 4) is 11.5 Å². The number of anilines is 1. The molecular formula is C20H27N3O10. The molecule has 1 aromatic carbocycles. The molecule has 5 N–H and O–H groups in total. The van der Waals surface area contributed by atoms with Crippen molar-refractivity contribution in [1.29, 1.82) is 0 Å². The largest absolute Gasteiger partial charge is 0.493 e. The number of methoxy groups -OCH3 is 2. The third-order valence-corrected chi connectivity index (χ3v) is 3.70. The molecule has 2 aromatic rings. The molecule has 0 aliphatic carbocycles. The maximum atomic E-state index is 9.55. The van der Waals surface area contributed by atoms with E-state index in [0.717, 1.165) is 42.5 Å². The number of pyridine rings is 1. The molecule has 1 aromatic heterocycles. The highest BCUT2D eigenvalue weighted by Crippen LogP contribution is 2.31. The highest BCUT2D eigenvalue weighted by molar-refractivity contribution is 5.89. The molecule has 0 fully saturated rings. The highest BCUT2D eigenvalue weighted by Gasteiger charge is 2.07. The number of aliphatic hydroxyl groups is 1. The standard InChI is InChI=1S/C16H22N2O3.C4H4O4.HNO3/c1-20-14-10-12-6-7-16(17-8-4-3-5-9-19)18-13(12)11-15(14)21-2;5-3(6)1-2-4(7)8;2-1(3)4/h6-7,10-11,19H,3-5,8-9H2,1-2H3,(H,17,18);1-2H,(H,5,6)(H,7,8);(H,2,3,4). The lowest BCUT2D eigenvalue weighted by molar-refractivity contribution is -0.742. The van der Waals surface area contributed by atoms with E-state index in [1.165, 1.54) is 0 Å². The van der Waals surface area contributed by atoms with Crippen LogP contribution in [0.5, 0.6) is 11.5 Å². The molecule has 0 radical (unpaired) electrons. The number of aromatic nitrogens is 1. The molecule has 0 spiro atoms. The Kier molecular flexibility index (Phi) is 14.5. The molecular weight excluding hydrogens is 442 g/mol. The number of hydrogen-bond donors (Lipinski definition) is 5. The van der Waals surface area contributed by atoms with Gasteiger partial charge in [-0.3, -0.25) is 0 Å². The first kappa shape index (κ1) is 28.9. The maximum Gasteiger partial charge on any atom is 0.328 e. The summed E-state index contributed by atoms with van der Waals surface area (Å²) < 4.78 is 10.6. The Hall–Kier alpha value is -4.13.